The first kappa shape index (κ1) is 10.2. The molecule has 3 N–H and O–H groups in total. The molecule has 0 aliphatic heterocycles. The van der Waals surface area contributed by atoms with Gasteiger partial charge in [0.15, 0.2) is 0 Å². The normalized spacial score (nSPS) is 19.3. The Morgan fingerprint density at radius 3 is 2.47 bits per heavy atom. The molecule has 80 valence electrons. The Hall–Kier alpha value is -1.35. The predicted molar refractivity (Wildman–Crippen MR) is 59.1 cm³/mol. The van der Waals surface area contributed by atoms with Gasteiger partial charge >= 0.3 is 0 Å². The van der Waals surface area contributed by atoms with Crippen molar-refractivity contribution in [3.05, 3.63) is 35.9 Å². The molecule has 0 unspecified atom stereocenters. The Balaban J connectivity index is 2.12. The van der Waals surface area contributed by atoms with Gasteiger partial charge in [-0.25, -0.2) is 0 Å². The molecule has 15 heavy (non-hydrogen) atoms. The van der Waals surface area contributed by atoms with Crippen LogP contribution in [0.3, 0.4) is 0 Å². The summed E-state index contributed by atoms with van der Waals surface area (Å²) in [7, 11) is 0. The number of amides is 1. The van der Waals surface area contributed by atoms with E-state index in [1.165, 1.54) is 5.56 Å². The Morgan fingerprint density at radius 1 is 1.40 bits per heavy atom. The number of benzene rings is 1. The third kappa shape index (κ3) is 2.02. The summed E-state index contributed by atoms with van der Waals surface area (Å²) < 4.78 is 0. The molecular formula is C12H16N2O. The molecule has 0 bridgehead atoms. The van der Waals surface area contributed by atoms with Crippen molar-refractivity contribution in [1.82, 2.24) is 5.32 Å². The standard InChI is InChI=1S/C12H16N2O/c1-9(13)11(15)14-12(7-8-12)10-5-3-2-4-6-10/h2-6,9H,7-8,13H2,1H3,(H,14,15)/t9-/m1/s1. The zero-order valence-electron chi connectivity index (χ0n) is 8.86. The highest BCUT2D eigenvalue weighted by Gasteiger charge is 2.45. The van der Waals surface area contributed by atoms with Gasteiger partial charge < -0.3 is 11.1 Å². The van der Waals surface area contributed by atoms with Gasteiger partial charge in [0, 0.05) is 0 Å². The second-order valence-corrected chi connectivity index (χ2v) is 4.23. The number of nitrogens with one attached hydrogen (secondary N) is 1. The minimum atomic E-state index is -0.439. The largest absolute Gasteiger partial charge is 0.345 e. The van der Waals surface area contributed by atoms with Crippen LogP contribution < -0.4 is 11.1 Å². The van der Waals surface area contributed by atoms with Crippen molar-refractivity contribution in [3.8, 4) is 0 Å². The summed E-state index contributed by atoms with van der Waals surface area (Å²) in [6, 6.07) is 9.63. The fourth-order valence-electron chi connectivity index (χ4n) is 1.72. The van der Waals surface area contributed by atoms with Crippen LogP contribution in [0.25, 0.3) is 0 Å². The Kier molecular flexibility index (Phi) is 2.49. The number of rotatable bonds is 3. The molecule has 0 heterocycles. The molecule has 1 fully saturated rings. The summed E-state index contributed by atoms with van der Waals surface area (Å²) in [5.74, 6) is -0.0728. The maximum Gasteiger partial charge on any atom is 0.237 e. The van der Waals surface area contributed by atoms with Crippen LogP contribution in [-0.4, -0.2) is 11.9 Å². The van der Waals surface area contributed by atoms with Gasteiger partial charge in [0.2, 0.25) is 5.91 Å². The number of carbonyl (C=O) groups excluding carboxylic acids is 1. The molecular weight excluding hydrogens is 188 g/mol. The lowest BCUT2D eigenvalue weighted by atomic mass is 10.0. The number of carbonyl (C=O) groups is 1. The summed E-state index contributed by atoms with van der Waals surface area (Å²) in [5, 5.41) is 3.02. The first-order valence-electron chi connectivity index (χ1n) is 5.27. The highest BCUT2D eigenvalue weighted by atomic mass is 16.2. The van der Waals surface area contributed by atoms with E-state index in [9.17, 15) is 4.79 Å². The van der Waals surface area contributed by atoms with E-state index in [2.05, 4.69) is 17.4 Å². The zero-order chi connectivity index (χ0) is 10.9. The Morgan fingerprint density at radius 2 is 2.00 bits per heavy atom. The fourth-order valence-corrected chi connectivity index (χ4v) is 1.72. The topological polar surface area (TPSA) is 55.1 Å². The third-order valence-corrected chi connectivity index (χ3v) is 2.85. The van der Waals surface area contributed by atoms with Gasteiger partial charge in [0.25, 0.3) is 0 Å². The van der Waals surface area contributed by atoms with Crippen LogP contribution in [0.1, 0.15) is 25.3 Å². The molecule has 1 aromatic carbocycles. The van der Waals surface area contributed by atoms with Gasteiger partial charge in [-0.2, -0.15) is 0 Å². The molecule has 0 radical (unpaired) electrons. The van der Waals surface area contributed by atoms with Crippen molar-refractivity contribution in [3.63, 3.8) is 0 Å². The number of hydrogen-bond acceptors (Lipinski definition) is 2. The molecule has 1 aliphatic carbocycles. The average molecular weight is 204 g/mol. The zero-order valence-corrected chi connectivity index (χ0v) is 8.86. The van der Waals surface area contributed by atoms with Crippen LogP contribution in [0.5, 0.6) is 0 Å². The van der Waals surface area contributed by atoms with Crippen LogP contribution in [0.2, 0.25) is 0 Å². The van der Waals surface area contributed by atoms with Crippen LogP contribution in [-0.2, 0) is 10.3 Å². The van der Waals surface area contributed by atoms with Crippen LogP contribution in [0, 0.1) is 0 Å². The Bertz CT molecular complexity index is 355. The predicted octanol–water partition coefficient (Wildman–Crippen LogP) is 1.14. The minimum absolute atomic E-state index is 0.0728. The minimum Gasteiger partial charge on any atom is -0.345 e. The lowest BCUT2D eigenvalue weighted by Gasteiger charge is -2.19. The maximum absolute atomic E-state index is 11.5. The van der Waals surface area contributed by atoms with Crippen LogP contribution in [0.15, 0.2) is 30.3 Å². The van der Waals surface area contributed by atoms with Crippen molar-refractivity contribution >= 4 is 5.91 Å². The van der Waals surface area contributed by atoms with E-state index in [1.807, 2.05) is 18.2 Å². The van der Waals surface area contributed by atoms with Gasteiger partial charge in [-0.15, -0.1) is 0 Å². The monoisotopic (exact) mass is 204 g/mol. The quantitative estimate of drug-likeness (QED) is 0.775. The lowest BCUT2D eigenvalue weighted by molar-refractivity contribution is -0.123. The molecule has 0 saturated heterocycles. The van der Waals surface area contributed by atoms with Crippen molar-refractivity contribution in [1.29, 1.82) is 0 Å². The number of hydrogen-bond donors (Lipinski definition) is 2. The van der Waals surface area contributed by atoms with Crippen LogP contribution >= 0.6 is 0 Å². The second-order valence-electron chi connectivity index (χ2n) is 4.23. The van der Waals surface area contributed by atoms with Gasteiger partial charge in [-0.3, -0.25) is 4.79 Å². The summed E-state index contributed by atoms with van der Waals surface area (Å²) in [5.41, 5.74) is 6.58. The van der Waals surface area contributed by atoms with Crippen molar-refractivity contribution in [2.24, 2.45) is 5.73 Å². The van der Waals surface area contributed by atoms with E-state index < -0.39 is 6.04 Å². The lowest BCUT2D eigenvalue weighted by Crippen LogP contribution is -2.43. The van der Waals surface area contributed by atoms with Gasteiger partial charge in [-0.1, -0.05) is 30.3 Å². The first-order chi connectivity index (χ1) is 7.14. The van der Waals surface area contributed by atoms with E-state index in [4.69, 9.17) is 5.73 Å². The second kappa shape index (κ2) is 3.66. The van der Waals surface area contributed by atoms with E-state index >= 15 is 0 Å². The van der Waals surface area contributed by atoms with E-state index in [-0.39, 0.29) is 11.4 Å². The molecule has 0 spiro atoms. The van der Waals surface area contributed by atoms with E-state index in [1.54, 1.807) is 6.92 Å². The van der Waals surface area contributed by atoms with Gasteiger partial charge in [-0.05, 0) is 25.3 Å². The van der Waals surface area contributed by atoms with E-state index in [0.717, 1.165) is 12.8 Å². The fraction of sp³-hybridized carbons (Fsp3) is 0.417. The molecule has 1 aliphatic rings. The Labute approximate surface area is 89.7 Å². The van der Waals surface area contributed by atoms with Crippen molar-refractivity contribution in [2.45, 2.75) is 31.3 Å². The molecule has 3 heteroatoms. The molecule has 1 saturated carbocycles. The average Bonchev–Trinajstić information content (AvgIpc) is 3.00. The highest BCUT2D eigenvalue weighted by molar-refractivity contribution is 5.82. The molecule has 2 rings (SSSR count). The summed E-state index contributed by atoms with van der Waals surface area (Å²) >= 11 is 0. The van der Waals surface area contributed by atoms with Gasteiger partial charge in [0.05, 0.1) is 11.6 Å². The first-order valence-corrected chi connectivity index (χ1v) is 5.27. The summed E-state index contributed by atoms with van der Waals surface area (Å²) in [6.07, 6.45) is 2.02. The summed E-state index contributed by atoms with van der Waals surface area (Å²) in [4.78, 5) is 11.5. The van der Waals surface area contributed by atoms with Crippen molar-refractivity contribution < 1.29 is 4.79 Å². The maximum atomic E-state index is 11.5. The summed E-state index contributed by atoms with van der Waals surface area (Å²) in [6.45, 7) is 1.70. The molecule has 0 aromatic heterocycles. The number of nitrogens with two attached hydrogens (primary N) is 1. The molecule has 1 amide bonds. The van der Waals surface area contributed by atoms with Gasteiger partial charge in [0.1, 0.15) is 0 Å². The third-order valence-electron chi connectivity index (χ3n) is 2.85. The molecule has 1 aromatic rings. The smallest absolute Gasteiger partial charge is 0.237 e. The van der Waals surface area contributed by atoms with Crippen LogP contribution in [0.4, 0.5) is 0 Å². The molecule has 3 nitrogen and oxygen atoms in total. The molecule has 1 atom stereocenters. The van der Waals surface area contributed by atoms with Crippen molar-refractivity contribution in [2.75, 3.05) is 0 Å². The SMILES string of the molecule is C[C@@H](N)C(=O)NC1(c2ccccc2)CC1. The van der Waals surface area contributed by atoms with E-state index in [0.29, 0.717) is 0 Å². The highest BCUT2D eigenvalue weighted by Crippen LogP contribution is 2.45.